The molecule has 1 aliphatic heterocycles. The lowest BCUT2D eigenvalue weighted by Crippen LogP contribution is -2.44. The van der Waals surface area contributed by atoms with Crippen molar-refractivity contribution in [1.29, 1.82) is 0 Å². The van der Waals surface area contributed by atoms with Crippen LogP contribution in [0, 0.1) is 0 Å². The smallest absolute Gasteiger partial charge is 0.0377 e. The normalized spacial score (nSPS) is 15.7. The Kier molecular flexibility index (Phi) is 2.89. The van der Waals surface area contributed by atoms with E-state index in [4.69, 9.17) is 0 Å². The Hall–Kier alpha value is -1.28. The van der Waals surface area contributed by atoms with E-state index in [9.17, 15) is 0 Å². The van der Waals surface area contributed by atoms with Crippen LogP contribution in [-0.4, -0.2) is 13.1 Å². The van der Waals surface area contributed by atoms with Crippen molar-refractivity contribution in [3.05, 3.63) is 64.6 Å². The van der Waals surface area contributed by atoms with Crippen LogP contribution in [0.5, 0.6) is 0 Å². The molecule has 0 radical (unpaired) electrons. The molecule has 0 bridgehead atoms. The lowest BCUT2D eigenvalue weighted by atomic mass is 9.91. The molecule has 2 aromatic rings. The van der Waals surface area contributed by atoms with Gasteiger partial charge in [0, 0.05) is 29.2 Å². The van der Waals surface area contributed by atoms with Crippen LogP contribution in [0.4, 0.5) is 5.69 Å². The molecule has 1 aliphatic rings. The molecule has 3 rings (SSSR count). The molecule has 0 unspecified atom stereocenters. The van der Waals surface area contributed by atoms with Crippen LogP contribution in [0.15, 0.2) is 59.1 Å². The van der Waals surface area contributed by atoms with Gasteiger partial charge in [0.2, 0.25) is 0 Å². The first-order valence-electron chi connectivity index (χ1n) is 5.88. The Morgan fingerprint density at radius 2 is 1.71 bits per heavy atom. The van der Waals surface area contributed by atoms with Crippen LogP contribution >= 0.6 is 15.9 Å². The molecular weight excluding hydrogens is 274 g/mol. The molecule has 0 spiro atoms. The highest BCUT2D eigenvalue weighted by molar-refractivity contribution is 9.10. The molecular formula is C15H14BrN. The number of anilines is 1. The summed E-state index contributed by atoms with van der Waals surface area (Å²) < 4.78 is 1.15. The van der Waals surface area contributed by atoms with Gasteiger partial charge in [0.25, 0.3) is 0 Å². The van der Waals surface area contributed by atoms with Crippen molar-refractivity contribution in [3.8, 4) is 0 Å². The van der Waals surface area contributed by atoms with E-state index in [1.807, 2.05) is 0 Å². The third-order valence-electron chi connectivity index (χ3n) is 3.33. The molecule has 0 N–H and O–H groups in total. The van der Waals surface area contributed by atoms with Gasteiger partial charge in [-0.3, -0.25) is 0 Å². The van der Waals surface area contributed by atoms with Crippen LogP contribution in [-0.2, 0) is 0 Å². The summed E-state index contributed by atoms with van der Waals surface area (Å²) in [5, 5.41) is 0. The van der Waals surface area contributed by atoms with Gasteiger partial charge in [-0.15, -0.1) is 0 Å². The van der Waals surface area contributed by atoms with Crippen molar-refractivity contribution >= 4 is 21.6 Å². The summed E-state index contributed by atoms with van der Waals surface area (Å²) in [6.45, 7) is 2.25. The van der Waals surface area contributed by atoms with Crippen molar-refractivity contribution in [2.45, 2.75) is 5.92 Å². The topological polar surface area (TPSA) is 3.24 Å². The Labute approximate surface area is 110 Å². The first-order valence-corrected chi connectivity index (χ1v) is 6.68. The molecule has 17 heavy (non-hydrogen) atoms. The minimum absolute atomic E-state index is 0.690. The minimum atomic E-state index is 0.690. The number of hydrogen-bond acceptors (Lipinski definition) is 1. The van der Waals surface area contributed by atoms with E-state index < -0.39 is 0 Å². The van der Waals surface area contributed by atoms with Gasteiger partial charge in [-0.2, -0.15) is 0 Å². The average molecular weight is 288 g/mol. The summed E-state index contributed by atoms with van der Waals surface area (Å²) in [4.78, 5) is 2.42. The fourth-order valence-corrected chi connectivity index (χ4v) is 2.69. The predicted molar refractivity (Wildman–Crippen MR) is 75.5 cm³/mol. The van der Waals surface area contributed by atoms with Gasteiger partial charge >= 0.3 is 0 Å². The molecule has 2 aromatic carbocycles. The van der Waals surface area contributed by atoms with Crippen LogP contribution in [0.25, 0.3) is 0 Å². The summed E-state index contributed by atoms with van der Waals surface area (Å²) in [5.74, 6) is 0.690. The summed E-state index contributed by atoms with van der Waals surface area (Å²) in [6.07, 6.45) is 0. The molecule has 0 amide bonds. The quantitative estimate of drug-likeness (QED) is 0.805. The van der Waals surface area contributed by atoms with Crippen molar-refractivity contribution in [3.63, 3.8) is 0 Å². The monoisotopic (exact) mass is 287 g/mol. The van der Waals surface area contributed by atoms with Gasteiger partial charge in [-0.1, -0.05) is 52.3 Å². The van der Waals surface area contributed by atoms with E-state index in [0.29, 0.717) is 5.92 Å². The zero-order valence-corrected chi connectivity index (χ0v) is 11.1. The number of halogens is 1. The molecule has 0 aliphatic carbocycles. The highest BCUT2D eigenvalue weighted by Gasteiger charge is 2.27. The maximum absolute atomic E-state index is 3.52. The van der Waals surface area contributed by atoms with Crippen LogP contribution in [0.2, 0.25) is 0 Å². The van der Waals surface area contributed by atoms with E-state index in [2.05, 4.69) is 75.4 Å². The third kappa shape index (κ3) is 2.22. The van der Waals surface area contributed by atoms with E-state index in [-0.39, 0.29) is 0 Å². The number of rotatable bonds is 2. The third-order valence-corrected chi connectivity index (χ3v) is 3.82. The zero-order valence-electron chi connectivity index (χ0n) is 9.51. The van der Waals surface area contributed by atoms with Crippen molar-refractivity contribution < 1.29 is 0 Å². The number of hydrogen-bond donors (Lipinski definition) is 0. The standard InChI is InChI=1S/C15H14BrN/c16-14-7-4-8-15(9-14)17-10-13(11-17)12-5-2-1-3-6-12/h1-9,13H,10-11H2. The molecule has 1 nitrogen and oxygen atoms in total. The van der Waals surface area contributed by atoms with E-state index >= 15 is 0 Å². The summed E-state index contributed by atoms with van der Waals surface area (Å²) >= 11 is 3.52. The first kappa shape index (κ1) is 10.8. The van der Waals surface area contributed by atoms with Crippen LogP contribution in [0.1, 0.15) is 11.5 Å². The molecule has 0 atom stereocenters. The minimum Gasteiger partial charge on any atom is -0.370 e. The Morgan fingerprint density at radius 1 is 0.941 bits per heavy atom. The molecule has 0 aromatic heterocycles. The van der Waals surface area contributed by atoms with E-state index in [0.717, 1.165) is 17.6 Å². The second-order valence-electron chi connectivity index (χ2n) is 4.49. The number of nitrogens with zero attached hydrogens (tertiary/aromatic N) is 1. The predicted octanol–water partition coefficient (Wildman–Crippen LogP) is 4.05. The Balaban J connectivity index is 1.69. The highest BCUT2D eigenvalue weighted by Crippen LogP contribution is 2.32. The van der Waals surface area contributed by atoms with Gasteiger partial charge in [0.15, 0.2) is 0 Å². The highest BCUT2D eigenvalue weighted by atomic mass is 79.9. The van der Waals surface area contributed by atoms with Crippen molar-refractivity contribution in [2.75, 3.05) is 18.0 Å². The largest absolute Gasteiger partial charge is 0.370 e. The lowest BCUT2D eigenvalue weighted by Gasteiger charge is -2.41. The molecule has 1 heterocycles. The average Bonchev–Trinajstić information content (AvgIpc) is 2.28. The first-order chi connectivity index (χ1) is 8.33. The fraction of sp³-hybridized carbons (Fsp3) is 0.200. The summed E-state index contributed by atoms with van der Waals surface area (Å²) in [7, 11) is 0. The van der Waals surface area contributed by atoms with Crippen LogP contribution in [0.3, 0.4) is 0 Å². The SMILES string of the molecule is Brc1cccc(N2CC(c3ccccc3)C2)c1. The van der Waals surface area contributed by atoms with Crippen molar-refractivity contribution in [2.24, 2.45) is 0 Å². The van der Waals surface area contributed by atoms with Gasteiger partial charge < -0.3 is 4.90 Å². The maximum Gasteiger partial charge on any atom is 0.0377 e. The summed E-state index contributed by atoms with van der Waals surface area (Å²) in [6, 6.07) is 19.3. The van der Waals surface area contributed by atoms with E-state index in [1.165, 1.54) is 11.3 Å². The summed E-state index contributed by atoms with van der Waals surface area (Å²) in [5.41, 5.74) is 2.77. The van der Waals surface area contributed by atoms with Crippen LogP contribution < -0.4 is 4.90 Å². The zero-order chi connectivity index (χ0) is 11.7. The molecule has 86 valence electrons. The van der Waals surface area contributed by atoms with E-state index in [1.54, 1.807) is 0 Å². The van der Waals surface area contributed by atoms with Gasteiger partial charge in [0.05, 0.1) is 0 Å². The molecule has 0 saturated carbocycles. The van der Waals surface area contributed by atoms with Gasteiger partial charge in [-0.05, 0) is 23.8 Å². The molecule has 1 fully saturated rings. The fourth-order valence-electron chi connectivity index (χ4n) is 2.30. The lowest BCUT2D eigenvalue weighted by molar-refractivity contribution is 0.525. The Morgan fingerprint density at radius 3 is 2.41 bits per heavy atom. The number of benzene rings is 2. The second kappa shape index (κ2) is 4.53. The Bertz CT molecular complexity index is 503. The van der Waals surface area contributed by atoms with Gasteiger partial charge in [0.1, 0.15) is 0 Å². The maximum atomic E-state index is 3.52. The molecule has 1 saturated heterocycles. The second-order valence-corrected chi connectivity index (χ2v) is 5.41. The molecule has 2 heteroatoms. The van der Waals surface area contributed by atoms with Gasteiger partial charge in [-0.25, -0.2) is 0 Å². The van der Waals surface area contributed by atoms with Crippen molar-refractivity contribution in [1.82, 2.24) is 0 Å².